The minimum absolute atomic E-state index is 0.00994. The number of aliphatic imine (C=N–C) groups is 1. The maximum atomic E-state index is 13.8. The first-order chi connectivity index (χ1) is 14.5. The summed E-state index contributed by atoms with van der Waals surface area (Å²) in [5, 5.41) is 2.13. The highest BCUT2D eigenvalue weighted by Gasteiger charge is 2.25. The Morgan fingerprint density at radius 3 is 2.80 bits per heavy atom. The normalized spacial score (nSPS) is 14.6. The fourth-order valence-corrected chi connectivity index (χ4v) is 3.72. The molecule has 0 spiro atoms. The van der Waals surface area contributed by atoms with Crippen molar-refractivity contribution in [3.8, 4) is 11.5 Å². The summed E-state index contributed by atoms with van der Waals surface area (Å²) < 4.78 is 30.1. The van der Waals surface area contributed by atoms with Crippen molar-refractivity contribution >= 4 is 40.9 Å². The van der Waals surface area contributed by atoms with Crippen LogP contribution in [0.25, 0.3) is 6.08 Å². The Morgan fingerprint density at radius 1 is 1.23 bits per heavy atom. The third-order valence-electron chi connectivity index (χ3n) is 4.24. The fraction of sp³-hybridized carbons (Fsp3) is 0.0909. The van der Waals surface area contributed by atoms with E-state index in [1.165, 1.54) is 24.5 Å². The van der Waals surface area contributed by atoms with Gasteiger partial charge in [-0.2, -0.15) is 0 Å². The summed E-state index contributed by atoms with van der Waals surface area (Å²) in [5.41, 5.74) is 1.13. The number of rotatable bonds is 6. The summed E-state index contributed by atoms with van der Waals surface area (Å²) in [6.07, 6.45) is 1.55. The van der Waals surface area contributed by atoms with Gasteiger partial charge in [-0.05, 0) is 41.3 Å². The summed E-state index contributed by atoms with van der Waals surface area (Å²) in [7, 11) is 1.47. The zero-order valence-electron chi connectivity index (χ0n) is 15.7. The minimum atomic E-state index is -0.548. The van der Waals surface area contributed by atoms with E-state index in [1.807, 2.05) is 17.5 Å². The van der Waals surface area contributed by atoms with Crippen LogP contribution in [0.3, 0.4) is 0 Å². The molecule has 2 aromatic carbocycles. The lowest BCUT2D eigenvalue weighted by atomic mass is 10.1. The lowest BCUT2D eigenvalue weighted by Gasteiger charge is -2.13. The molecule has 3 aromatic rings. The van der Waals surface area contributed by atoms with E-state index < -0.39 is 5.97 Å². The number of carbonyl (C=O) groups excluding carboxylic acids is 1. The van der Waals surface area contributed by atoms with Gasteiger partial charge in [0, 0.05) is 5.56 Å². The van der Waals surface area contributed by atoms with Gasteiger partial charge in [0.15, 0.2) is 17.2 Å². The van der Waals surface area contributed by atoms with Crippen LogP contribution in [0.1, 0.15) is 16.0 Å². The molecule has 4 rings (SSSR count). The molecule has 0 atom stereocenters. The highest BCUT2D eigenvalue weighted by molar-refractivity contribution is 7.12. The molecule has 8 heteroatoms. The van der Waals surface area contributed by atoms with E-state index in [0.29, 0.717) is 16.9 Å². The molecule has 0 radical (unpaired) electrons. The number of benzene rings is 2. The van der Waals surface area contributed by atoms with E-state index in [-0.39, 0.29) is 34.8 Å². The molecule has 0 N–H and O–H groups in total. The molecular weight excluding hydrogens is 429 g/mol. The number of halogens is 2. The van der Waals surface area contributed by atoms with Crippen molar-refractivity contribution in [2.45, 2.75) is 6.61 Å². The fourth-order valence-electron chi connectivity index (χ4n) is 2.80. The SMILES string of the molecule is COc1cc(C=C2N=C(c3cccs3)OC2=O)cc(Cl)c1OCc1ccccc1F. The van der Waals surface area contributed by atoms with Gasteiger partial charge >= 0.3 is 5.97 Å². The van der Waals surface area contributed by atoms with Crippen molar-refractivity contribution in [1.82, 2.24) is 0 Å². The van der Waals surface area contributed by atoms with Gasteiger partial charge in [0.1, 0.15) is 12.4 Å². The van der Waals surface area contributed by atoms with Gasteiger partial charge in [-0.25, -0.2) is 14.2 Å². The molecule has 5 nitrogen and oxygen atoms in total. The largest absolute Gasteiger partial charge is 0.493 e. The highest BCUT2D eigenvalue weighted by atomic mass is 35.5. The van der Waals surface area contributed by atoms with E-state index in [2.05, 4.69) is 4.99 Å². The minimum Gasteiger partial charge on any atom is -0.493 e. The summed E-state index contributed by atoms with van der Waals surface area (Å²) in [4.78, 5) is 17.2. The smallest absolute Gasteiger partial charge is 0.363 e. The third-order valence-corrected chi connectivity index (χ3v) is 5.38. The van der Waals surface area contributed by atoms with Crippen LogP contribution in [-0.4, -0.2) is 19.0 Å². The Bertz CT molecular complexity index is 1160. The van der Waals surface area contributed by atoms with Crippen LogP contribution in [0.15, 0.2) is 64.6 Å². The Morgan fingerprint density at radius 2 is 2.07 bits per heavy atom. The summed E-state index contributed by atoms with van der Waals surface area (Å²) in [5.74, 6) is -0.0218. The maximum Gasteiger partial charge on any atom is 0.363 e. The van der Waals surface area contributed by atoms with Crippen molar-refractivity contribution in [3.63, 3.8) is 0 Å². The first kappa shape index (κ1) is 20.1. The Kier molecular flexibility index (Phi) is 5.83. The molecule has 1 aliphatic heterocycles. The number of cyclic esters (lactones) is 1. The zero-order valence-corrected chi connectivity index (χ0v) is 17.3. The van der Waals surface area contributed by atoms with Crippen LogP contribution < -0.4 is 9.47 Å². The molecule has 30 heavy (non-hydrogen) atoms. The van der Waals surface area contributed by atoms with Gasteiger partial charge in [-0.3, -0.25) is 0 Å². The molecule has 0 amide bonds. The predicted octanol–water partition coefficient (Wildman–Crippen LogP) is 5.47. The number of thiophene rings is 1. The molecule has 0 bridgehead atoms. The van der Waals surface area contributed by atoms with E-state index in [4.69, 9.17) is 25.8 Å². The van der Waals surface area contributed by atoms with Crippen LogP contribution in [-0.2, 0) is 16.1 Å². The maximum absolute atomic E-state index is 13.8. The average molecular weight is 444 g/mol. The van der Waals surface area contributed by atoms with Gasteiger partial charge in [-0.15, -0.1) is 11.3 Å². The number of carbonyl (C=O) groups is 1. The number of hydrogen-bond acceptors (Lipinski definition) is 6. The Balaban J connectivity index is 1.60. The monoisotopic (exact) mass is 443 g/mol. The predicted molar refractivity (Wildman–Crippen MR) is 114 cm³/mol. The van der Waals surface area contributed by atoms with Crippen LogP contribution >= 0.6 is 22.9 Å². The first-order valence-corrected chi connectivity index (χ1v) is 10.1. The van der Waals surface area contributed by atoms with Gasteiger partial charge in [-0.1, -0.05) is 35.9 Å². The molecule has 1 aliphatic rings. The highest BCUT2D eigenvalue weighted by Crippen LogP contribution is 2.38. The molecular formula is C22H15ClFNO4S. The van der Waals surface area contributed by atoms with Gasteiger partial charge < -0.3 is 14.2 Å². The second kappa shape index (κ2) is 8.69. The number of esters is 1. The second-order valence-corrected chi connectivity index (χ2v) is 7.58. The van der Waals surface area contributed by atoms with E-state index in [0.717, 1.165) is 4.88 Å². The van der Waals surface area contributed by atoms with Crippen molar-refractivity contribution in [1.29, 1.82) is 0 Å². The van der Waals surface area contributed by atoms with Crippen molar-refractivity contribution < 1.29 is 23.4 Å². The van der Waals surface area contributed by atoms with Gasteiger partial charge in [0.25, 0.3) is 0 Å². The van der Waals surface area contributed by atoms with Crippen LogP contribution in [0.5, 0.6) is 11.5 Å². The number of hydrogen-bond donors (Lipinski definition) is 0. The number of methoxy groups -OCH3 is 1. The number of ether oxygens (including phenoxy) is 3. The van der Waals surface area contributed by atoms with Crippen LogP contribution in [0.2, 0.25) is 5.02 Å². The van der Waals surface area contributed by atoms with Crippen molar-refractivity contribution in [2.24, 2.45) is 4.99 Å². The summed E-state index contributed by atoms with van der Waals surface area (Å²) in [6.45, 7) is -0.00994. The summed E-state index contributed by atoms with van der Waals surface area (Å²) >= 11 is 7.80. The summed E-state index contributed by atoms with van der Waals surface area (Å²) in [6, 6.07) is 13.3. The zero-order chi connectivity index (χ0) is 21.1. The quantitative estimate of drug-likeness (QED) is 0.374. The lowest BCUT2D eigenvalue weighted by molar-refractivity contribution is -0.129. The molecule has 152 valence electrons. The molecule has 0 fully saturated rings. The van der Waals surface area contributed by atoms with E-state index in [9.17, 15) is 9.18 Å². The first-order valence-electron chi connectivity index (χ1n) is 8.85. The van der Waals surface area contributed by atoms with Crippen molar-refractivity contribution in [3.05, 3.63) is 86.5 Å². The molecule has 0 saturated carbocycles. The Labute approximate surface area is 181 Å². The van der Waals surface area contributed by atoms with Crippen LogP contribution in [0, 0.1) is 5.82 Å². The van der Waals surface area contributed by atoms with E-state index in [1.54, 1.807) is 36.4 Å². The Hall–Kier alpha value is -3.16. The van der Waals surface area contributed by atoms with Gasteiger partial charge in [0.2, 0.25) is 5.90 Å². The standard InChI is InChI=1S/C22H15ClFNO4S/c1-27-18-11-13(10-17-22(26)29-21(25-17)19-7-4-8-30-19)9-15(23)20(18)28-12-14-5-2-3-6-16(14)24/h2-11H,12H2,1H3. The number of nitrogens with zero attached hydrogens (tertiary/aromatic N) is 1. The second-order valence-electron chi connectivity index (χ2n) is 6.23. The average Bonchev–Trinajstić information content (AvgIpc) is 3.38. The molecule has 0 saturated heterocycles. The molecule has 2 heterocycles. The van der Waals surface area contributed by atoms with Crippen LogP contribution in [0.4, 0.5) is 4.39 Å². The lowest BCUT2D eigenvalue weighted by Crippen LogP contribution is -2.03. The van der Waals surface area contributed by atoms with Crippen molar-refractivity contribution in [2.75, 3.05) is 7.11 Å². The van der Waals surface area contributed by atoms with E-state index >= 15 is 0 Å². The van der Waals surface area contributed by atoms with Gasteiger partial charge in [0.05, 0.1) is 17.0 Å². The molecule has 0 unspecified atom stereocenters. The topological polar surface area (TPSA) is 57.1 Å². The third kappa shape index (κ3) is 4.22. The molecule has 0 aliphatic carbocycles. The molecule has 1 aromatic heterocycles.